The van der Waals surface area contributed by atoms with Gasteiger partial charge < -0.3 is 10.8 Å². The minimum Gasteiger partial charge on any atom is -0.478 e. The first-order chi connectivity index (χ1) is 10.6. The van der Waals surface area contributed by atoms with E-state index < -0.39 is 5.97 Å². The van der Waals surface area contributed by atoms with E-state index in [2.05, 4.69) is 9.97 Å². The Morgan fingerprint density at radius 1 is 1.05 bits per heavy atom. The number of aromatic nitrogens is 2. The van der Waals surface area contributed by atoms with Gasteiger partial charge in [-0.05, 0) is 35.4 Å². The number of nitrogen functional groups attached to an aromatic ring is 1. The summed E-state index contributed by atoms with van der Waals surface area (Å²) in [5.74, 6) is -0.540. The Morgan fingerprint density at radius 3 is 2.50 bits per heavy atom. The second-order valence-electron chi connectivity index (χ2n) is 4.38. The molecule has 0 saturated heterocycles. The molecule has 0 unspecified atom stereocenters. The predicted octanol–water partition coefficient (Wildman–Crippen LogP) is 3.60. The van der Waals surface area contributed by atoms with Gasteiger partial charge in [0.1, 0.15) is 12.1 Å². The van der Waals surface area contributed by atoms with E-state index in [1.807, 2.05) is 38.1 Å². The van der Waals surface area contributed by atoms with Crippen LogP contribution < -0.4 is 5.73 Å². The van der Waals surface area contributed by atoms with Gasteiger partial charge in [-0.15, -0.1) is 0 Å². The molecule has 0 spiro atoms. The molecule has 0 aliphatic carbocycles. The summed E-state index contributed by atoms with van der Waals surface area (Å²) < 4.78 is 0. The zero-order valence-corrected chi connectivity index (χ0v) is 12.4. The van der Waals surface area contributed by atoms with Gasteiger partial charge in [-0.25, -0.2) is 14.8 Å². The number of rotatable bonds is 2. The van der Waals surface area contributed by atoms with Crippen molar-refractivity contribution in [2.75, 3.05) is 5.73 Å². The largest absolute Gasteiger partial charge is 0.478 e. The number of carboxylic acid groups (broad SMARTS) is 1. The highest BCUT2D eigenvalue weighted by Gasteiger charge is 2.07. The van der Waals surface area contributed by atoms with Crippen molar-refractivity contribution in [3.63, 3.8) is 0 Å². The Kier molecular flexibility index (Phi) is 4.68. The summed E-state index contributed by atoms with van der Waals surface area (Å²) in [4.78, 5) is 19.1. The molecule has 1 heterocycles. The number of aromatic carboxylic acids is 1. The molecule has 3 rings (SSSR count). The standard InChI is InChI=1S/C15H11N3O2.C2H6/c16-14-12-7-10(4-5-13(12)17-8-18-14)9-2-1-3-11(6-9)15(19)20;1-2/h1-8H,(H,19,20)(H2,16,17,18);1-2H3. The molecule has 1 aromatic heterocycles. The Labute approximate surface area is 128 Å². The smallest absolute Gasteiger partial charge is 0.335 e. The topological polar surface area (TPSA) is 89.1 Å². The van der Waals surface area contributed by atoms with Crippen LogP contribution in [-0.2, 0) is 0 Å². The van der Waals surface area contributed by atoms with Crippen molar-refractivity contribution in [1.82, 2.24) is 9.97 Å². The average Bonchev–Trinajstić information content (AvgIpc) is 2.57. The van der Waals surface area contributed by atoms with Crippen LogP contribution >= 0.6 is 0 Å². The minimum absolute atomic E-state index is 0.250. The molecule has 5 heteroatoms. The van der Waals surface area contributed by atoms with E-state index in [-0.39, 0.29) is 5.56 Å². The molecule has 2 aromatic carbocycles. The van der Waals surface area contributed by atoms with Crippen LogP contribution in [-0.4, -0.2) is 21.0 Å². The van der Waals surface area contributed by atoms with Gasteiger partial charge in [-0.3, -0.25) is 0 Å². The Bertz CT molecular complexity index is 816. The number of carbonyl (C=O) groups is 1. The summed E-state index contributed by atoms with van der Waals surface area (Å²) >= 11 is 0. The number of anilines is 1. The van der Waals surface area contributed by atoms with E-state index in [1.54, 1.807) is 18.2 Å². The molecular formula is C17H17N3O2. The van der Waals surface area contributed by atoms with E-state index >= 15 is 0 Å². The van der Waals surface area contributed by atoms with Crippen molar-refractivity contribution in [3.05, 3.63) is 54.4 Å². The highest BCUT2D eigenvalue weighted by molar-refractivity contribution is 5.93. The highest BCUT2D eigenvalue weighted by atomic mass is 16.4. The maximum atomic E-state index is 11.0. The molecule has 0 amide bonds. The zero-order valence-electron chi connectivity index (χ0n) is 12.4. The van der Waals surface area contributed by atoms with Gasteiger partial charge in [0.15, 0.2) is 0 Å². The Balaban J connectivity index is 0.000000847. The molecule has 3 aromatic rings. The van der Waals surface area contributed by atoms with Crippen molar-refractivity contribution in [3.8, 4) is 11.1 Å². The third kappa shape index (κ3) is 3.03. The number of fused-ring (bicyclic) bond motifs is 1. The molecular weight excluding hydrogens is 278 g/mol. The average molecular weight is 295 g/mol. The molecule has 5 nitrogen and oxygen atoms in total. The molecule has 0 atom stereocenters. The summed E-state index contributed by atoms with van der Waals surface area (Å²) in [6.45, 7) is 4.00. The maximum Gasteiger partial charge on any atom is 0.335 e. The van der Waals surface area contributed by atoms with Crippen LogP contribution in [0.4, 0.5) is 5.82 Å². The second-order valence-corrected chi connectivity index (χ2v) is 4.38. The lowest BCUT2D eigenvalue weighted by molar-refractivity contribution is 0.0697. The zero-order chi connectivity index (χ0) is 16.1. The number of hydrogen-bond donors (Lipinski definition) is 2. The lowest BCUT2D eigenvalue weighted by Gasteiger charge is -2.06. The normalized spacial score (nSPS) is 9.91. The van der Waals surface area contributed by atoms with Gasteiger partial charge in [0.2, 0.25) is 0 Å². The molecule has 0 radical (unpaired) electrons. The fourth-order valence-electron chi connectivity index (χ4n) is 2.09. The predicted molar refractivity (Wildman–Crippen MR) is 87.7 cm³/mol. The maximum absolute atomic E-state index is 11.0. The third-order valence-corrected chi connectivity index (χ3v) is 3.11. The quantitative estimate of drug-likeness (QED) is 0.754. The van der Waals surface area contributed by atoms with Crippen LogP contribution in [0, 0.1) is 0 Å². The third-order valence-electron chi connectivity index (χ3n) is 3.11. The SMILES string of the molecule is CC.Nc1ncnc2ccc(-c3cccc(C(=O)O)c3)cc12. The van der Waals surface area contributed by atoms with E-state index in [0.29, 0.717) is 5.82 Å². The first-order valence-corrected chi connectivity index (χ1v) is 6.99. The summed E-state index contributed by atoms with van der Waals surface area (Å²) in [6, 6.07) is 12.4. The van der Waals surface area contributed by atoms with E-state index in [1.165, 1.54) is 6.33 Å². The van der Waals surface area contributed by atoms with Crippen LogP contribution in [0.2, 0.25) is 0 Å². The van der Waals surface area contributed by atoms with Crippen molar-refractivity contribution >= 4 is 22.7 Å². The monoisotopic (exact) mass is 295 g/mol. The van der Waals surface area contributed by atoms with Gasteiger partial charge in [0, 0.05) is 5.39 Å². The van der Waals surface area contributed by atoms with Gasteiger partial charge in [0.05, 0.1) is 11.1 Å². The first-order valence-electron chi connectivity index (χ1n) is 6.99. The Hall–Kier alpha value is -2.95. The molecule has 0 fully saturated rings. The van der Waals surface area contributed by atoms with Crippen LogP contribution in [0.25, 0.3) is 22.0 Å². The van der Waals surface area contributed by atoms with Crippen LogP contribution in [0.15, 0.2) is 48.8 Å². The summed E-state index contributed by atoms with van der Waals surface area (Å²) in [5.41, 5.74) is 8.54. The van der Waals surface area contributed by atoms with Gasteiger partial charge >= 0.3 is 5.97 Å². The molecule has 22 heavy (non-hydrogen) atoms. The fraction of sp³-hybridized carbons (Fsp3) is 0.118. The van der Waals surface area contributed by atoms with Crippen molar-refractivity contribution in [2.24, 2.45) is 0 Å². The Morgan fingerprint density at radius 2 is 1.77 bits per heavy atom. The lowest BCUT2D eigenvalue weighted by atomic mass is 10.0. The molecule has 0 aliphatic rings. The molecule has 0 bridgehead atoms. The van der Waals surface area contributed by atoms with Gasteiger partial charge in [-0.2, -0.15) is 0 Å². The lowest BCUT2D eigenvalue weighted by Crippen LogP contribution is -1.96. The van der Waals surface area contributed by atoms with E-state index in [9.17, 15) is 4.79 Å². The number of hydrogen-bond acceptors (Lipinski definition) is 4. The molecule has 0 aliphatic heterocycles. The van der Waals surface area contributed by atoms with E-state index in [0.717, 1.165) is 22.0 Å². The van der Waals surface area contributed by atoms with E-state index in [4.69, 9.17) is 10.8 Å². The highest BCUT2D eigenvalue weighted by Crippen LogP contribution is 2.26. The molecule has 112 valence electrons. The summed E-state index contributed by atoms with van der Waals surface area (Å²) in [5, 5.41) is 9.79. The summed E-state index contributed by atoms with van der Waals surface area (Å²) in [7, 11) is 0. The first kappa shape index (κ1) is 15.4. The van der Waals surface area contributed by atoms with Crippen LogP contribution in [0.5, 0.6) is 0 Å². The number of benzene rings is 2. The molecule has 0 saturated carbocycles. The molecule has 3 N–H and O–H groups in total. The number of nitrogens with zero attached hydrogens (tertiary/aromatic N) is 2. The number of carboxylic acids is 1. The van der Waals surface area contributed by atoms with Gasteiger partial charge in [-0.1, -0.05) is 32.0 Å². The van der Waals surface area contributed by atoms with Crippen molar-refractivity contribution < 1.29 is 9.90 Å². The minimum atomic E-state index is -0.949. The van der Waals surface area contributed by atoms with Crippen molar-refractivity contribution in [1.29, 1.82) is 0 Å². The number of nitrogens with two attached hydrogens (primary N) is 1. The summed E-state index contributed by atoms with van der Waals surface area (Å²) in [6.07, 6.45) is 1.42. The fourth-order valence-corrected chi connectivity index (χ4v) is 2.09. The van der Waals surface area contributed by atoms with Crippen molar-refractivity contribution in [2.45, 2.75) is 13.8 Å². The second kappa shape index (κ2) is 6.67. The van der Waals surface area contributed by atoms with Crippen LogP contribution in [0.3, 0.4) is 0 Å². The van der Waals surface area contributed by atoms with Crippen LogP contribution in [0.1, 0.15) is 24.2 Å². The van der Waals surface area contributed by atoms with Gasteiger partial charge in [0.25, 0.3) is 0 Å².